The fraction of sp³-hybridized carbons (Fsp3) is 0.125. The van der Waals surface area contributed by atoms with Crippen LogP contribution in [0.25, 0.3) is 0 Å². The molecule has 0 saturated heterocycles. The summed E-state index contributed by atoms with van der Waals surface area (Å²) in [5.74, 6) is -2.54. The summed E-state index contributed by atoms with van der Waals surface area (Å²) in [6.07, 6.45) is -3.21. The second-order valence-corrected chi connectivity index (χ2v) is 2.53. The van der Waals surface area contributed by atoms with Crippen molar-refractivity contribution >= 4 is 5.91 Å². The summed E-state index contributed by atoms with van der Waals surface area (Å²) in [6.45, 7) is 0. The highest BCUT2D eigenvalue weighted by molar-refractivity contribution is 5.91. The van der Waals surface area contributed by atoms with Crippen molar-refractivity contribution in [1.82, 2.24) is 4.98 Å². The Bertz CT molecular complexity index is 453. The van der Waals surface area contributed by atoms with E-state index in [1.54, 1.807) is 0 Å². The molecule has 0 aliphatic rings. The molecule has 0 radical (unpaired) electrons. The Morgan fingerprint density at radius 3 is 2.60 bits per heavy atom. The third-order valence-corrected chi connectivity index (χ3v) is 1.56. The van der Waals surface area contributed by atoms with Gasteiger partial charge in [-0.05, 0) is 6.07 Å². The summed E-state index contributed by atoms with van der Waals surface area (Å²) >= 11 is 0. The maximum atomic E-state index is 13.0. The molecule has 0 unspecified atom stereocenters. The lowest BCUT2D eigenvalue weighted by molar-refractivity contribution is 0.0992. The van der Waals surface area contributed by atoms with Gasteiger partial charge in [0.15, 0.2) is 5.82 Å². The topological polar surface area (TPSA) is 79.8 Å². The molecule has 0 fully saturated rings. The van der Waals surface area contributed by atoms with Crippen LogP contribution in [0, 0.1) is 17.1 Å². The summed E-state index contributed by atoms with van der Waals surface area (Å²) in [5, 5.41) is 8.42. The third kappa shape index (κ3) is 2.04. The first-order valence-electron chi connectivity index (χ1n) is 3.66. The van der Waals surface area contributed by atoms with Crippen LogP contribution >= 0.6 is 0 Å². The average molecular weight is 215 g/mol. The van der Waals surface area contributed by atoms with Crippen molar-refractivity contribution in [1.29, 1.82) is 5.26 Å². The first kappa shape index (κ1) is 11.0. The zero-order valence-corrected chi connectivity index (χ0v) is 7.17. The van der Waals surface area contributed by atoms with E-state index in [0.717, 1.165) is 6.07 Å². The normalized spacial score (nSPS) is 10.1. The van der Waals surface area contributed by atoms with E-state index >= 15 is 0 Å². The van der Waals surface area contributed by atoms with E-state index in [0.29, 0.717) is 0 Å². The van der Waals surface area contributed by atoms with Gasteiger partial charge in [0.1, 0.15) is 17.5 Å². The number of pyridine rings is 1. The Morgan fingerprint density at radius 2 is 2.20 bits per heavy atom. The molecular formula is C8H4F3N3O. The number of amides is 1. The fourth-order valence-corrected chi connectivity index (χ4v) is 0.901. The number of aromatic nitrogens is 1. The maximum Gasteiger partial charge on any atom is 0.283 e. The van der Waals surface area contributed by atoms with E-state index in [4.69, 9.17) is 11.0 Å². The molecule has 0 saturated carbocycles. The first-order valence-corrected chi connectivity index (χ1v) is 3.66. The molecule has 0 spiro atoms. The number of halogens is 3. The molecule has 1 amide bonds. The van der Waals surface area contributed by atoms with E-state index < -0.39 is 35.1 Å². The van der Waals surface area contributed by atoms with Gasteiger partial charge in [-0.2, -0.15) is 5.26 Å². The van der Waals surface area contributed by atoms with Gasteiger partial charge in [-0.3, -0.25) is 4.79 Å². The number of carbonyl (C=O) groups excluding carboxylic acids is 1. The number of carbonyl (C=O) groups is 1. The van der Waals surface area contributed by atoms with Crippen LogP contribution in [-0.4, -0.2) is 10.9 Å². The van der Waals surface area contributed by atoms with E-state index in [1.165, 1.54) is 6.07 Å². The summed E-state index contributed by atoms with van der Waals surface area (Å²) in [5.41, 5.74) is 2.28. The molecule has 0 aliphatic heterocycles. The minimum atomic E-state index is -3.21. The van der Waals surface area contributed by atoms with Gasteiger partial charge in [0.25, 0.3) is 12.3 Å². The number of nitrogens with zero attached hydrogens (tertiary/aromatic N) is 2. The lowest BCUT2D eigenvalue weighted by Crippen LogP contribution is -2.15. The quantitative estimate of drug-likeness (QED) is 0.802. The molecule has 1 heterocycles. The zero-order chi connectivity index (χ0) is 11.6. The standard InChI is InChI=1S/C8H4F3N3O/c9-5-3(2-12)1-4(8(13)15)14-6(5)7(10)11/h1,7H,(H2,13,15). The highest BCUT2D eigenvalue weighted by Crippen LogP contribution is 2.22. The van der Waals surface area contributed by atoms with Crippen molar-refractivity contribution in [2.45, 2.75) is 6.43 Å². The molecule has 1 aromatic heterocycles. The molecule has 4 nitrogen and oxygen atoms in total. The third-order valence-electron chi connectivity index (χ3n) is 1.56. The van der Waals surface area contributed by atoms with Gasteiger partial charge in [0.2, 0.25) is 0 Å². The van der Waals surface area contributed by atoms with Crippen molar-refractivity contribution in [3.8, 4) is 6.07 Å². The molecule has 15 heavy (non-hydrogen) atoms. The number of alkyl halides is 2. The Balaban J connectivity index is 3.47. The Kier molecular flexibility index (Phi) is 2.90. The van der Waals surface area contributed by atoms with E-state index in [2.05, 4.69) is 4.98 Å². The molecule has 0 aromatic carbocycles. The summed E-state index contributed by atoms with van der Waals surface area (Å²) in [4.78, 5) is 13.7. The molecular weight excluding hydrogens is 211 g/mol. The Labute approximate surface area is 82.1 Å². The smallest absolute Gasteiger partial charge is 0.283 e. The van der Waals surface area contributed by atoms with Gasteiger partial charge < -0.3 is 5.73 Å². The number of primary amides is 1. The molecule has 0 atom stereocenters. The Morgan fingerprint density at radius 1 is 1.60 bits per heavy atom. The number of nitrogens with two attached hydrogens (primary N) is 1. The largest absolute Gasteiger partial charge is 0.364 e. The molecule has 1 rings (SSSR count). The SMILES string of the molecule is N#Cc1cc(C(N)=O)nc(C(F)F)c1F. The predicted molar refractivity (Wildman–Crippen MR) is 42.4 cm³/mol. The van der Waals surface area contributed by atoms with Crippen molar-refractivity contribution in [3.63, 3.8) is 0 Å². The second kappa shape index (κ2) is 3.96. The molecule has 0 aliphatic carbocycles. The summed E-state index contributed by atoms with van der Waals surface area (Å²) in [6, 6.07) is 2.06. The number of rotatable bonds is 2. The van der Waals surface area contributed by atoms with E-state index in [1.807, 2.05) is 0 Å². The van der Waals surface area contributed by atoms with Gasteiger partial charge in [-0.25, -0.2) is 18.2 Å². The van der Waals surface area contributed by atoms with Crippen LogP contribution in [0.5, 0.6) is 0 Å². The van der Waals surface area contributed by atoms with E-state index in [9.17, 15) is 18.0 Å². The first-order chi connectivity index (χ1) is 6.97. The van der Waals surface area contributed by atoms with Gasteiger partial charge in [0, 0.05) is 0 Å². The average Bonchev–Trinajstić information content (AvgIpc) is 2.17. The number of nitriles is 1. The lowest BCUT2D eigenvalue weighted by atomic mass is 10.2. The molecule has 1 aromatic rings. The fourth-order valence-electron chi connectivity index (χ4n) is 0.901. The summed E-state index contributed by atoms with van der Waals surface area (Å²) < 4.78 is 37.5. The van der Waals surface area contributed by atoms with Crippen LogP contribution in [0.15, 0.2) is 6.07 Å². The van der Waals surface area contributed by atoms with Crippen molar-refractivity contribution in [3.05, 3.63) is 28.8 Å². The van der Waals surface area contributed by atoms with Crippen molar-refractivity contribution < 1.29 is 18.0 Å². The van der Waals surface area contributed by atoms with Gasteiger partial charge in [-0.1, -0.05) is 0 Å². The van der Waals surface area contributed by atoms with Crippen LogP contribution in [0.3, 0.4) is 0 Å². The second-order valence-electron chi connectivity index (χ2n) is 2.53. The van der Waals surface area contributed by atoms with Gasteiger partial charge >= 0.3 is 0 Å². The lowest BCUT2D eigenvalue weighted by Gasteiger charge is -2.04. The van der Waals surface area contributed by atoms with Crippen molar-refractivity contribution in [2.24, 2.45) is 5.73 Å². The van der Waals surface area contributed by atoms with Gasteiger partial charge in [-0.15, -0.1) is 0 Å². The maximum absolute atomic E-state index is 13.0. The molecule has 78 valence electrons. The molecule has 7 heteroatoms. The minimum Gasteiger partial charge on any atom is -0.364 e. The van der Waals surface area contributed by atoms with E-state index in [-0.39, 0.29) is 0 Å². The highest BCUT2D eigenvalue weighted by Gasteiger charge is 2.21. The van der Waals surface area contributed by atoms with Crippen molar-refractivity contribution in [2.75, 3.05) is 0 Å². The zero-order valence-electron chi connectivity index (χ0n) is 7.17. The summed E-state index contributed by atoms with van der Waals surface area (Å²) in [7, 11) is 0. The van der Waals surface area contributed by atoms with Crippen LogP contribution in [-0.2, 0) is 0 Å². The number of hydrogen-bond acceptors (Lipinski definition) is 3. The van der Waals surface area contributed by atoms with Crippen LogP contribution in [0.1, 0.15) is 28.2 Å². The van der Waals surface area contributed by atoms with Crippen LogP contribution < -0.4 is 5.73 Å². The highest BCUT2D eigenvalue weighted by atomic mass is 19.3. The number of hydrogen-bond donors (Lipinski definition) is 1. The minimum absolute atomic E-state index is 0.566. The molecule has 2 N–H and O–H groups in total. The van der Waals surface area contributed by atoms with Gasteiger partial charge in [0.05, 0.1) is 5.56 Å². The Hall–Kier alpha value is -2.10. The van der Waals surface area contributed by atoms with Crippen LogP contribution in [0.4, 0.5) is 13.2 Å². The predicted octanol–water partition coefficient (Wildman–Crippen LogP) is 1.13. The monoisotopic (exact) mass is 215 g/mol. The van der Waals surface area contributed by atoms with Crippen LogP contribution in [0.2, 0.25) is 0 Å². The molecule has 0 bridgehead atoms.